The van der Waals surface area contributed by atoms with Crippen molar-refractivity contribution in [3.05, 3.63) is 64.2 Å². The number of para-hydroxylation sites is 1. The number of hydrogen-bond donors (Lipinski definition) is 0. The number of hydrogen-bond acceptors (Lipinski definition) is 5. The molecule has 3 rings (SSSR count). The summed E-state index contributed by atoms with van der Waals surface area (Å²) in [5.74, 6) is 0.789. The minimum atomic E-state index is -0.526. The van der Waals surface area contributed by atoms with E-state index in [1.54, 1.807) is 4.90 Å². The second kappa shape index (κ2) is 7.21. The number of methoxy groups -OCH3 is 1. The van der Waals surface area contributed by atoms with Crippen LogP contribution in [-0.4, -0.2) is 42.0 Å². The Balaban J connectivity index is 1.73. The van der Waals surface area contributed by atoms with Gasteiger partial charge in [-0.15, -0.1) is 0 Å². The van der Waals surface area contributed by atoms with Gasteiger partial charge >= 0.3 is 0 Å². The molecular weight excluding hydrogens is 324 g/mol. The molecule has 25 heavy (non-hydrogen) atoms. The maximum absolute atomic E-state index is 12.8. The molecule has 0 radical (unpaired) electrons. The summed E-state index contributed by atoms with van der Waals surface area (Å²) in [5.41, 5.74) is 0.0532. The van der Waals surface area contributed by atoms with Crippen molar-refractivity contribution in [1.82, 2.24) is 4.90 Å². The largest absolute Gasteiger partial charge is 0.496 e. The Bertz CT molecular complexity index is 778. The maximum Gasteiger partial charge on any atom is 0.270 e. The first-order valence-electron chi connectivity index (χ1n) is 7.92. The highest BCUT2D eigenvalue weighted by Gasteiger charge is 2.30. The Morgan fingerprint density at radius 2 is 2.00 bits per heavy atom. The molecule has 0 aliphatic carbocycles. The minimum absolute atomic E-state index is 0.101. The standard InChI is InChI=1S/C18H18N2O5/c1-24-17-8-7-13(20(22)23)11-16(17)18(21)19-10-9-15(12-19)25-14-5-3-2-4-6-14/h2-8,11,15H,9-10,12H2,1H3/t15-/m1/s1. The average Bonchev–Trinajstić information content (AvgIpc) is 3.09. The normalized spacial score (nSPS) is 16.5. The van der Waals surface area contributed by atoms with E-state index < -0.39 is 4.92 Å². The molecule has 1 atom stereocenters. The van der Waals surface area contributed by atoms with E-state index in [2.05, 4.69) is 0 Å². The zero-order chi connectivity index (χ0) is 17.8. The van der Waals surface area contributed by atoms with Crippen molar-refractivity contribution in [2.24, 2.45) is 0 Å². The topological polar surface area (TPSA) is 81.9 Å². The smallest absolute Gasteiger partial charge is 0.270 e. The number of ether oxygens (including phenoxy) is 2. The Kier molecular flexibility index (Phi) is 4.83. The summed E-state index contributed by atoms with van der Waals surface area (Å²) >= 11 is 0. The number of benzene rings is 2. The number of nitro benzene ring substituents is 1. The van der Waals surface area contributed by atoms with Gasteiger partial charge in [-0.05, 0) is 18.2 Å². The predicted octanol–water partition coefficient (Wildman–Crippen LogP) is 2.90. The molecule has 0 saturated carbocycles. The fourth-order valence-corrected chi connectivity index (χ4v) is 2.85. The van der Waals surface area contributed by atoms with Gasteiger partial charge in [0, 0.05) is 25.1 Å². The summed E-state index contributed by atoms with van der Waals surface area (Å²) in [5, 5.41) is 11.0. The summed E-state index contributed by atoms with van der Waals surface area (Å²) in [6, 6.07) is 13.4. The molecule has 1 heterocycles. The van der Waals surface area contributed by atoms with Crippen LogP contribution in [0.2, 0.25) is 0 Å². The highest BCUT2D eigenvalue weighted by Crippen LogP contribution is 2.27. The summed E-state index contributed by atoms with van der Waals surface area (Å²) < 4.78 is 11.1. The third-order valence-electron chi connectivity index (χ3n) is 4.10. The molecule has 1 amide bonds. The van der Waals surface area contributed by atoms with Gasteiger partial charge in [0.25, 0.3) is 11.6 Å². The van der Waals surface area contributed by atoms with Crippen LogP contribution in [0.4, 0.5) is 5.69 Å². The molecule has 7 heteroatoms. The van der Waals surface area contributed by atoms with Crippen LogP contribution in [0.25, 0.3) is 0 Å². The van der Waals surface area contributed by atoms with Crippen LogP contribution < -0.4 is 9.47 Å². The zero-order valence-corrected chi connectivity index (χ0v) is 13.8. The number of nitro groups is 1. The fourth-order valence-electron chi connectivity index (χ4n) is 2.85. The molecule has 2 aromatic carbocycles. The molecule has 1 saturated heterocycles. The quantitative estimate of drug-likeness (QED) is 0.616. The Morgan fingerprint density at radius 3 is 2.68 bits per heavy atom. The Labute approximate surface area is 144 Å². The Hall–Kier alpha value is -3.09. The van der Waals surface area contributed by atoms with E-state index in [0.717, 1.165) is 5.75 Å². The molecule has 1 fully saturated rings. The third-order valence-corrected chi connectivity index (χ3v) is 4.10. The second-order valence-electron chi connectivity index (χ2n) is 5.73. The molecule has 0 bridgehead atoms. The summed E-state index contributed by atoms with van der Waals surface area (Å²) in [6.07, 6.45) is 0.605. The van der Waals surface area contributed by atoms with E-state index >= 15 is 0 Å². The van der Waals surface area contributed by atoms with E-state index in [4.69, 9.17) is 9.47 Å². The van der Waals surface area contributed by atoms with Gasteiger partial charge in [0.15, 0.2) is 0 Å². The molecule has 0 aromatic heterocycles. The number of nitrogens with zero attached hydrogens (tertiary/aromatic N) is 2. The number of amides is 1. The van der Waals surface area contributed by atoms with Gasteiger partial charge in [0.05, 0.1) is 24.1 Å². The number of rotatable bonds is 5. The highest BCUT2D eigenvalue weighted by atomic mass is 16.6. The zero-order valence-electron chi connectivity index (χ0n) is 13.8. The van der Waals surface area contributed by atoms with Crippen LogP contribution in [0, 0.1) is 10.1 Å². The first kappa shape index (κ1) is 16.8. The predicted molar refractivity (Wildman–Crippen MR) is 91.0 cm³/mol. The van der Waals surface area contributed by atoms with Crippen molar-refractivity contribution >= 4 is 11.6 Å². The lowest BCUT2D eigenvalue weighted by atomic mass is 10.1. The first-order chi connectivity index (χ1) is 12.1. The van der Waals surface area contributed by atoms with Gasteiger partial charge in [-0.25, -0.2) is 0 Å². The second-order valence-corrected chi connectivity index (χ2v) is 5.73. The van der Waals surface area contributed by atoms with Crippen molar-refractivity contribution in [3.8, 4) is 11.5 Å². The molecule has 0 unspecified atom stereocenters. The van der Waals surface area contributed by atoms with Gasteiger partial charge in [-0.3, -0.25) is 14.9 Å². The number of likely N-dealkylation sites (tertiary alicyclic amines) is 1. The van der Waals surface area contributed by atoms with Gasteiger partial charge in [0.2, 0.25) is 0 Å². The summed E-state index contributed by atoms with van der Waals surface area (Å²) in [7, 11) is 1.43. The van der Waals surface area contributed by atoms with Gasteiger partial charge < -0.3 is 14.4 Å². The number of non-ortho nitro benzene ring substituents is 1. The molecule has 2 aromatic rings. The van der Waals surface area contributed by atoms with E-state index in [1.165, 1.54) is 25.3 Å². The number of carbonyl (C=O) groups is 1. The van der Waals surface area contributed by atoms with E-state index in [1.807, 2.05) is 30.3 Å². The van der Waals surface area contributed by atoms with Crippen LogP contribution in [0.3, 0.4) is 0 Å². The van der Waals surface area contributed by atoms with Gasteiger partial charge in [-0.2, -0.15) is 0 Å². The van der Waals surface area contributed by atoms with E-state index in [9.17, 15) is 14.9 Å². The lowest BCUT2D eigenvalue weighted by Crippen LogP contribution is -2.31. The molecule has 0 spiro atoms. The molecule has 1 aliphatic rings. The summed E-state index contributed by atoms with van der Waals surface area (Å²) in [4.78, 5) is 24.8. The first-order valence-corrected chi connectivity index (χ1v) is 7.92. The highest BCUT2D eigenvalue weighted by molar-refractivity contribution is 5.97. The summed E-state index contributed by atoms with van der Waals surface area (Å²) in [6.45, 7) is 0.960. The third kappa shape index (κ3) is 3.71. The molecular formula is C18H18N2O5. The van der Waals surface area contributed by atoms with Gasteiger partial charge in [-0.1, -0.05) is 18.2 Å². The lowest BCUT2D eigenvalue weighted by molar-refractivity contribution is -0.384. The average molecular weight is 342 g/mol. The van der Waals surface area contributed by atoms with Crippen LogP contribution >= 0.6 is 0 Å². The van der Waals surface area contributed by atoms with Crippen LogP contribution in [0.15, 0.2) is 48.5 Å². The van der Waals surface area contributed by atoms with Crippen molar-refractivity contribution in [2.75, 3.05) is 20.2 Å². The van der Waals surface area contributed by atoms with Crippen molar-refractivity contribution in [2.45, 2.75) is 12.5 Å². The lowest BCUT2D eigenvalue weighted by Gasteiger charge is -2.18. The maximum atomic E-state index is 12.8. The molecule has 130 valence electrons. The van der Waals surface area contributed by atoms with E-state index in [-0.39, 0.29) is 23.3 Å². The molecule has 0 N–H and O–H groups in total. The molecule has 7 nitrogen and oxygen atoms in total. The SMILES string of the molecule is COc1ccc([N+](=O)[O-])cc1C(=O)N1CC[C@@H](Oc2ccccc2)C1. The van der Waals surface area contributed by atoms with Crippen LogP contribution in [0.5, 0.6) is 11.5 Å². The van der Waals surface area contributed by atoms with Gasteiger partial charge in [0.1, 0.15) is 17.6 Å². The van der Waals surface area contributed by atoms with E-state index in [0.29, 0.717) is 25.3 Å². The monoisotopic (exact) mass is 342 g/mol. The van der Waals surface area contributed by atoms with Crippen LogP contribution in [0.1, 0.15) is 16.8 Å². The minimum Gasteiger partial charge on any atom is -0.496 e. The fraction of sp³-hybridized carbons (Fsp3) is 0.278. The number of carbonyl (C=O) groups excluding carboxylic acids is 1. The van der Waals surface area contributed by atoms with Crippen molar-refractivity contribution < 1.29 is 19.2 Å². The molecule has 1 aliphatic heterocycles. The Morgan fingerprint density at radius 1 is 1.24 bits per heavy atom. The van der Waals surface area contributed by atoms with Crippen molar-refractivity contribution in [3.63, 3.8) is 0 Å². The van der Waals surface area contributed by atoms with Crippen LogP contribution in [-0.2, 0) is 0 Å². The van der Waals surface area contributed by atoms with Crippen molar-refractivity contribution in [1.29, 1.82) is 0 Å².